The maximum atomic E-state index is 11.0. The lowest BCUT2D eigenvalue weighted by Gasteiger charge is -2.26. The van der Waals surface area contributed by atoms with Crippen molar-refractivity contribution in [2.45, 2.75) is 33.1 Å². The van der Waals surface area contributed by atoms with Gasteiger partial charge in [0.15, 0.2) is 0 Å². The Morgan fingerprint density at radius 2 is 1.27 bits per heavy atom. The average molecular weight is 214 g/mol. The molecule has 1 aliphatic rings. The molecule has 1 fully saturated rings. The van der Waals surface area contributed by atoms with Crippen molar-refractivity contribution in [2.24, 2.45) is 23.7 Å². The summed E-state index contributed by atoms with van der Waals surface area (Å²) in [5.41, 5.74) is 0. The van der Waals surface area contributed by atoms with E-state index < -0.39 is 11.9 Å². The van der Waals surface area contributed by atoms with Crippen LogP contribution in [0.1, 0.15) is 33.1 Å². The number of carbonyl (C=O) groups is 2. The lowest BCUT2D eigenvalue weighted by atomic mass is 9.78. The molecule has 4 unspecified atom stereocenters. The van der Waals surface area contributed by atoms with Crippen LogP contribution in [0.15, 0.2) is 0 Å². The Kier molecular flexibility index (Phi) is 3.72. The van der Waals surface area contributed by atoms with Gasteiger partial charge in [0.2, 0.25) is 0 Å². The fraction of sp³-hybridized carbons (Fsp3) is 0.818. The fourth-order valence-electron chi connectivity index (χ4n) is 2.51. The van der Waals surface area contributed by atoms with E-state index in [9.17, 15) is 9.59 Å². The van der Waals surface area contributed by atoms with E-state index in [1.807, 2.05) is 13.8 Å². The molecule has 2 N–H and O–H groups in total. The highest BCUT2D eigenvalue weighted by molar-refractivity contribution is 5.72. The molecule has 0 aromatic carbocycles. The number of hydrogen-bond donors (Lipinski definition) is 2. The fourth-order valence-corrected chi connectivity index (χ4v) is 2.51. The summed E-state index contributed by atoms with van der Waals surface area (Å²) in [5.74, 6) is -2.48. The minimum Gasteiger partial charge on any atom is -0.481 e. The maximum absolute atomic E-state index is 11.0. The summed E-state index contributed by atoms with van der Waals surface area (Å²) < 4.78 is 0. The normalized spacial score (nSPS) is 36.9. The molecule has 0 radical (unpaired) electrons. The molecule has 0 aromatic rings. The first-order chi connectivity index (χ1) is 6.95. The molecule has 0 bridgehead atoms. The first-order valence-electron chi connectivity index (χ1n) is 5.40. The molecule has 0 aliphatic heterocycles. The van der Waals surface area contributed by atoms with Crippen molar-refractivity contribution >= 4 is 11.9 Å². The van der Waals surface area contributed by atoms with Crippen LogP contribution in [0.3, 0.4) is 0 Å². The molecule has 1 aliphatic carbocycles. The van der Waals surface area contributed by atoms with Gasteiger partial charge in [0.1, 0.15) is 0 Å². The van der Waals surface area contributed by atoms with Crippen LogP contribution in [0, 0.1) is 23.7 Å². The highest BCUT2D eigenvalue weighted by atomic mass is 16.4. The Morgan fingerprint density at radius 1 is 0.933 bits per heavy atom. The van der Waals surface area contributed by atoms with Crippen LogP contribution in [0.25, 0.3) is 0 Å². The number of rotatable bonds is 2. The van der Waals surface area contributed by atoms with Gasteiger partial charge in [0.05, 0.1) is 11.8 Å². The van der Waals surface area contributed by atoms with E-state index in [1.54, 1.807) is 0 Å². The molecule has 1 rings (SSSR count). The highest BCUT2D eigenvalue weighted by Crippen LogP contribution is 2.36. The van der Waals surface area contributed by atoms with Crippen molar-refractivity contribution in [1.29, 1.82) is 0 Å². The standard InChI is InChI=1S/C11H18O4/c1-6-7(2)9(11(14)15)5-3-4-8(6)10(12)13/h6-9H,3-5H2,1-2H3,(H,12,13)(H,14,15). The smallest absolute Gasteiger partial charge is 0.306 e. The van der Waals surface area contributed by atoms with E-state index in [4.69, 9.17) is 10.2 Å². The molecule has 1 saturated carbocycles. The Morgan fingerprint density at radius 3 is 1.53 bits per heavy atom. The monoisotopic (exact) mass is 214 g/mol. The largest absolute Gasteiger partial charge is 0.481 e. The summed E-state index contributed by atoms with van der Waals surface area (Å²) in [6.45, 7) is 3.70. The molecule has 4 nitrogen and oxygen atoms in total. The minimum absolute atomic E-state index is 0.0638. The predicted molar refractivity (Wildman–Crippen MR) is 54.4 cm³/mol. The van der Waals surface area contributed by atoms with Crippen molar-refractivity contribution in [2.75, 3.05) is 0 Å². The zero-order chi connectivity index (χ0) is 11.6. The van der Waals surface area contributed by atoms with Crippen molar-refractivity contribution < 1.29 is 19.8 Å². The number of carboxylic acid groups (broad SMARTS) is 2. The molecule has 86 valence electrons. The van der Waals surface area contributed by atoms with E-state index in [0.717, 1.165) is 0 Å². The summed E-state index contributed by atoms with van der Waals surface area (Å²) in [6, 6.07) is 0. The average Bonchev–Trinajstić information content (AvgIpc) is 2.27. The topological polar surface area (TPSA) is 74.6 Å². The van der Waals surface area contributed by atoms with Gasteiger partial charge in [-0.05, 0) is 24.7 Å². The summed E-state index contributed by atoms with van der Waals surface area (Å²) >= 11 is 0. The van der Waals surface area contributed by atoms with Crippen molar-refractivity contribution in [3.05, 3.63) is 0 Å². The van der Waals surface area contributed by atoms with Gasteiger partial charge in [-0.3, -0.25) is 9.59 Å². The number of aliphatic carboxylic acids is 2. The minimum atomic E-state index is -0.791. The second kappa shape index (κ2) is 4.64. The molecule has 0 spiro atoms. The number of carboxylic acids is 2. The first-order valence-corrected chi connectivity index (χ1v) is 5.40. The quantitative estimate of drug-likeness (QED) is 0.688. The van der Waals surface area contributed by atoms with Crippen LogP contribution in [0.5, 0.6) is 0 Å². The third kappa shape index (κ3) is 2.49. The van der Waals surface area contributed by atoms with Gasteiger partial charge in [-0.15, -0.1) is 0 Å². The Bertz CT molecular complexity index is 235. The molecule has 0 aromatic heterocycles. The first kappa shape index (κ1) is 12.0. The van der Waals surface area contributed by atoms with Crippen LogP contribution in [-0.4, -0.2) is 22.2 Å². The summed E-state index contributed by atoms with van der Waals surface area (Å²) in [6.07, 6.45) is 1.90. The van der Waals surface area contributed by atoms with Gasteiger partial charge in [0.25, 0.3) is 0 Å². The molecule has 4 heteroatoms. The van der Waals surface area contributed by atoms with Crippen molar-refractivity contribution in [1.82, 2.24) is 0 Å². The Labute approximate surface area is 89.3 Å². The molecule has 4 atom stereocenters. The van der Waals surface area contributed by atoms with Crippen LogP contribution in [0.4, 0.5) is 0 Å². The summed E-state index contributed by atoms with van der Waals surface area (Å²) in [7, 11) is 0. The van der Waals surface area contributed by atoms with E-state index in [2.05, 4.69) is 0 Å². The van der Waals surface area contributed by atoms with Gasteiger partial charge < -0.3 is 10.2 Å². The van der Waals surface area contributed by atoms with Gasteiger partial charge >= 0.3 is 11.9 Å². The second-order valence-corrected chi connectivity index (χ2v) is 4.54. The van der Waals surface area contributed by atoms with Crippen LogP contribution in [0.2, 0.25) is 0 Å². The molecule has 0 amide bonds. The van der Waals surface area contributed by atoms with E-state index in [-0.39, 0.29) is 23.7 Å². The zero-order valence-corrected chi connectivity index (χ0v) is 9.14. The molecule has 0 saturated heterocycles. The third-order valence-corrected chi connectivity index (χ3v) is 3.76. The van der Waals surface area contributed by atoms with Crippen LogP contribution >= 0.6 is 0 Å². The number of hydrogen-bond acceptors (Lipinski definition) is 2. The van der Waals surface area contributed by atoms with Crippen LogP contribution in [-0.2, 0) is 9.59 Å². The second-order valence-electron chi connectivity index (χ2n) is 4.54. The van der Waals surface area contributed by atoms with Gasteiger partial charge in [-0.1, -0.05) is 20.3 Å². The SMILES string of the molecule is CC1C(C(=O)O)CCCC(C(=O)O)C1C. The van der Waals surface area contributed by atoms with Gasteiger partial charge in [-0.25, -0.2) is 0 Å². The summed E-state index contributed by atoms with van der Waals surface area (Å²) in [5, 5.41) is 18.1. The molecule has 0 heterocycles. The van der Waals surface area contributed by atoms with Crippen molar-refractivity contribution in [3.63, 3.8) is 0 Å². The van der Waals surface area contributed by atoms with Crippen molar-refractivity contribution in [3.8, 4) is 0 Å². The highest BCUT2D eigenvalue weighted by Gasteiger charge is 2.38. The van der Waals surface area contributed by atoms with Crippen LogP contribution < -0.4 is 0 Å². The van der Waals surface area contributed by atoms with E-state index >= 15 is 0 Å². The maximum Gasteiger partial charge on any atom is 0.306 e. The predicted octanol–water partition coefficient (Wildman–Crippen LogP) is 1.84. The third-order valence-electron chi connectivity index (χ3n) is 3.76. The lowest BCUT2D eigenvalue weighted by molar-refractivity contribution is -0.148. The molecular weight excluding hydrogens is 196 g/mol. The lowest BCUT2D eigenvalue weighted by Crippen LogP contribution is -2.30. The molecule has 15 heavy (non-hydrogen) atoms. The summed E-state index contributed by atoms with van der Waals surface area (Å²) in [4.78, 5) is 22.0. The Hall–Kier alpha value is -1.06. The van der Waals surface area contributed by atoms with E-state index in [1.165, 1.54) is 0 Å². The van der Waals surface area contributed by atoms with E-state index in [0.29, 0.717) is 19.3 Å². The zero-order valence-electron chi connectivity index (χ0n) is 9.14. The van der Waals surface area contributed by atoms with Gasteiger partial charge in [0, 0.05) is 0 Å². The Balaban J connectivity index is 2.82. The van der Waals surface area contributed by atoms with Gasteiger partial charge in [-0.2, -0.15) is 0 Å². The molecular formula is C11H18O4.